The zero-order chi connectivity index (χ0) is 11.0. The lowest BCUT2D eigenvalue weighted by atomic mass is 9.76. The van der Waals surface area contributed by atoms with Crippen LogP contribution in [0.2, 0.25) is 0 Å². The standard InChI is InChI=1S/C13H14N2/c1-8-9(2)12(7-14)13(15)11-6-4-3-5-10(8)11/h3-6,8-9H,15H2,1-2H3. The molecule has 2 unspecified atom stereocenters. The van der Waals surface area contributed by atoms with Gasteiger partial charge in [0, 0.05) is 5.56 Å². The summed E-state index contributed by atoms with van der Waals surface area (Å²) in [6.07, 6.45) is 0. The van der Waals surface area contributed by atoms with Crippen LogP contribution in [0.5, 0.6) is 0 Å². The SMILES string of the molecule is CC1C(C#N)=C(N)c2ccccc2C1C. The number of allylic oxidation sites excluding steroid dienone is 1. The van der Waals surface area contributed by atoms with Gasteiger partial charge in [-0.2, -0.15) is 5.26 Å². The third kappa shape index (κ3) is 1.32. The van der Waals surface area contributed by atoms with E-state index in [4.69, 9.17) is 11.0 Å². The monoisotopic (exact) mass is 198 g/mol. The maximum absolute atomic E-state index is 9.09. The van der Waals surface area contributed by atoms with Gasteiger partial charge >= 0.3 is 0 Å². The molecule has 0 bridgehead atoms. The van der Waals surface area contributed by atoms with Gasteiger partial charge in [0.2, 0.25) is 0 Å². The summed E-state index contributed by atoms with van der Waals surface area (Å²) in [7, 11) is 0. The van der Waals surface area contributed by atoms with Gasteiger partial charge in [-0.05, 0) is 17.4 Å². The smallest absolute Gasteiger partial charge is 0.0972 e. The van der Waals surface area contributed by atoms with E-state index in [1.165, 1.54) is 5.56 Å². The van der Waals surface area contributed by atoms with Crippen molar-refractivity contribution in [2.24, 2.45) is 11.7 Å². The Bertz CT molecular complexity index is 466. The van der Waals surface area contributed by atoms with Gasteiger partial charge in [-0.25, -0.2) is 0 Å². The Morgan fingerprint density at radius 1 is 1.20 bits per heavy atom. The first-order valence-corrected chi connectivity index (χ1v) is 5.16. The molecule has 1 aromatic carbocycles. The van der Waals surface area contributed by atoms with Crippen molar-refractivity contribution in [1.82, 2.24) is 0 Å². The minimum atomic E-state index is 0.213. The van der Waals surface area contributed by atoms with Gasteiger partial charge < -0.3 is 5.73 Å². The zero-order valence-corrected chi connectivity index (χ0v) is 8.99. The molecule has 0 aliphatic heterocycles. The second-order valence-electron chi connectivity index (χ2n) is 4.10. The van der Waals surface area contributed by atoms with Crippen LogP contribution >= 0.6 is 0 Å². The van der Waals surface area contributed by atoms with Crippen LogP contribution < -0.4 is 5.73 Å². The van der Waals surface area contributed by atoms with Crippen LogP contribution in [0.4, 0.5) is 0 Å². The molecule has 2 nitrogen and oxygen atoms in total. The molecule has 0 aromatic heterocycles. The van der Waals surface area contributed by atoms with Gasteiger partial charge in [-0.1, -0.05) is 38.1 Å². The average Bonchev–Trinajstić information content (AvgIpc) is 2.27. The Labute approximate surface area is 90.0 Å². The summed E-state index contributed by atoms with van der Waals surface area (Å²) in [6.45, 7) is 4.21. The summed E-state index contributed by atoms with van der Waals surface area (Å²) in [6, 6.07) is 10.3. The summed E-state index contributed by atoms with van der Waals surface area (Å²) in [4.78, 5) is 0. The van der Waals surface area contributed by atoms with Gasteiger partial charge in [0.15, 0.2) is 0 Å². The van der Waals surface area contributed by atoms with Gasteiger partial charge in [-0.3, -0.25) is 0 Å². The molecule has 15 heavy (non-hydrogen) atoms. The predicted molar refractivity (Wildman–Crippen MR) is 60.7 cm³/mol. The highest BCUT2D eigenvalue weighted by atomic mass is 14.6. The molecule has 0 spiro atoms. The largest absolute Gasteiger partial charge is 0.397 e. The molecule has 0 saturated carbocycles. The molecule has 2 rings (SSSR count). The second kappa shape index (κ2) is 3.43. The number of nitriles is 1. The fraction of sp³-hybridized carbons (Fsp3) is 0.308. The molecule has 0 amide bonds. The van der Waals surface area contributed by atoms with E-state index in [1.54, 1.807) is 0 Å². The van der Waals surface area contributed by atoms with Crippen LogP contribution in [0, 0.1) is 17.2 Å². The Kier molecular flexibility index (Phi) is 2.24. The van der Waals surface area contributed by atoms with Gasteiger partial charge in [-0.15, -0.1) is 0 Å². The Balaban J connectivity index is 2.69. The van der Waals surface area contributed by atoms with Crippen LogP contribution in [-0.4, -0.2) is 0 Å². The van der Waals surface area contributed by atoms with E-state index in [0.717, 1.165) is 11.1 Å². The fourth-order valence-electron chi connectivity index (χ4n) is 2.21. The van der Waals surface area contributed by atoms with Crippen molar-refractivity contribution in [3.05, 3.63) is 41.0 Å². The van der Waals surface area contributed by atoms with Gasteiger partial charge in [0.25, 0.3) is 0 Å². The third-order valence-electron chi connectivity index (χ3n) is 3.36. The van der Waals surface area contributed by atoms with Crippen LogP contribution in [0.25, 0.3) is 5.70 Å². The number of hydrogen-bond donors (Lipinski definition) is 1. The van der Waals surface area contributed by atoms with Crippen molar-refractivity contribution in [2.45, 2.75) is 19.8 Å². The van der Waals surface area contributed by atoms with Crippen molar-refractivity contribution < 1.29 is 0 Å². The van der Waals surface area contributed by atoms with Crippen LogP contribution in [0.1, 0.15) is 30.9 Å². The van der Waals surface area contributed by atoms with Crippen LogP contribution in [0.3, 0.4) is 0 Å². The van der Waals surface area contributed by atoms with E-state index in [1.807, 2.05) is 18.2 Å². The lowest BCUT2D eigenvalue weighted by Crippen LogP contribution is -2.20. The number of hydrogen-bond acceptors (Lipinski definition) is 2. The minimum absolute atomic E-state index is 0.213. The summed E-state index contributed by atoms with van der Waals surface area (Å²) in [5.41, 5.74) is 9.66. The van der Waals surface area contributed by atoms with Crippen molar-refractivity contribution in [3.63, 3.8) is 0 Å². The molecule has 1 aliphatic rings. The molecule has 0 radical (unpaired) electrons. The topological polar surface area (TPSA) is 49.8 Å². The third-order valence-corrected chi connectivity index (χ3v) is 3.36. The molecule has 76 valence electrons. The summed E-state index contributed by atoms with van der Waals surface area (Å²) < 4.78 is 0. The summed E-state index contributed by atoms with van der Waals surface area (Å²) in [5, 5.41) is 9.09. The first kappa shape index (κ1) is 9.79. The molecule has 0 fully saturated rings. The quantitative estimate of drug-likeness (QED) is 0.696. The molecule has 0 heterocycles. The number of fused-ring (bicyclic) bond motifs is 1. The number of benzene rings is 1. The van der Waals surface area contributed by atoms with E-state index in [0.29, 0.717) is 11.6 Å². The number of rotatable bonds is 0. The molecule has 2 atom stereocenters. The van der Waals surface area contributed by atoms with Gasteiger partial charge in [0.05, 0.1) is 17.3 Å². The first-order chi connectivity index (χ1) is 7.16. The first-order valence-electron chi connectivity index (χ1n) is 5.16. The summed E-state index contributed by atoms with van der Waals surface area (Å²) >= 11 is 0. The van der Waals surface area contributed by atoms with E-state index in [2.05, 4.69) is 26.0 Å². The Hall–Kier alpha value is -1.75. The second-order valence-corrected chi connectivity index (χ2v) is 4.10. The lowest BCUT2D eigenvalue weighted by Gasteiger charge is -2.28. The van der Waals surface area contributed by atoms with Crippen LogP contribution in [-0.2, 0) is 0 Å². The molecular weight excluding hydrogens is 184 g/mol. The van der Waals surface area contributed by atoms with Crippen molar-refractivity contribution in [1.29, 1.82) is 5.26 Å². The van der Waals surface area contributed by atoms with E-state index in [9.17, 15) is 0 Å². The van der Waals surface area contributed by atoms with E-state index >= 15 is 0 Å². The normalized spacial score (nSPS) is 24.6. The van der Waals surface area contributed by atoms with Crippen molar-refractivity contribution in [2.75, 3.05) is 0 Å². The summed E-state index contributed by atoms with van der Waals surface area (Å²) in [5.74, 6) is 0.577. The predicted octanol–water partition coefficient (Wildman–Crippen LogP) is 2.63. The number of nitrogens with zero attached hydrogens (tertiary/aromatic N) is 1. The minimum Gasteiger partial charge on any atom is -0.397 e. The number of nitrogens with two attached hydrogens (primary N) is 1. The zero-order valence-electron chi connectivity index (χ0n) is 8.99. The Morgan fingerprint density at radius 2 is 1.87 bits per heavy atom. The Morgan fingerprint density at radius 3 is 2.53 bits per heavy atom. The van der Waals surface area contributed by atoms with Crippen molar-refractivity contribution in [3.8, 4) is 6.07 Å². The highest BCUT2D eigenvalue weighted by Gasteiger charge is 2.28. The fourth-order valence-corrected chi connectivity index (χ4v) is 2.21. The highest BCUT2D eigenvalue weighted by molar-refractivity contribution is 5.74. The maximum Gasteiger partial charge on any atom is 0.0972 e. The van der Waals surface area contributed by atoms with Crippen molar-refractivity contribution >= 4 is 5.70 Å². The molecule has 1 aliphatic carbocycles. The molecule has 1 aromatic rings. The molecular formula is C13H14N2. The average molecular weight is 198 g/mol. The molecule has 2 N–H and O–H groups in total. The lowest BCUT2D eigenvalue weighted by molar-refractivity contribution is 0.564. The van der Waals surface area contributed by atoms with Crippen LogP contribution in [0.15, 0.2) is 29.8 Å². The maximum atomic E-state index is 9.09. The van der Waals surface area contributed by atoms with Gasteiger partial charge in [0.1, 0.15) is 0 Å². The van der Waals surface area contributed by atoms with E-state index in [-0.39, 0.29) is 5.92 Å². The van der Waals surface area contributed by atoms with E-state index < -0.39 is 0 Å². The highest BCUT2D eigenvalue weighted by Crippen LogP contribution is 2.39. The molecule has 2 heteroatoms. The molecule has 0 saturated heterocycles.